The molecule has 1 rings (SSSR count). The molecule has 102 valence electrons. The molecule has 1 aromatic heterocycles. The van der Waals surface area contributed by atoms with Gasteiger partial charge in [-0.1, -0.05) is 13.8 Å². The fraction of sp³-hybridized carbons (Fsp3) is 0.545. The van der Waals surface area contributed by atoms with Crippen molar-refractivity contribution in [2.75, 3.05) is 18.4 Å². The largest absolute Gasteiger partial charge is 0.369 e. The van der Waals surface area contributed by atoms with E-state index in [1.807, 2.05) is 13.8 Å². The number of halogens is 1. The lowest BCUT2D eigenvalue weighted by molar-refractivity contribution is 0.580. The maximum Gasteiger partial charge on any atom is 0.244 e. The van der Waals surface area contributed by atoms with Crippen LogP contribution in [0.1, 0.15) is 26.7 Å². The maximum atomic E-state index is 12.1. The molecule has 0 amide bonds. The molecule has 0 aromatic carbocycles. The average Bonchev–Trinajstić information content (AvgIpc) is 2.35. The van der Waals surface area contributed by atoms with E-state index in [0.29, 0.717) is 23.4 Å². The second kappa shape index (κ2) is 7.06. The zero-order valence-corrected chi connectivity index (χ0v) is 12.9. The predicted octanol–water partition coefficient (Wildman–Crippen LogP) is 2.35. The first kappa shape index (κ1) is 15.4. The quantitative estimate of drug-likeness (QED) is 0.802. The number of sulfonamides is 1. The van der Waals surface area contributed by atoms with Crippen LogP contribution in [0.2, 0.25) is 0 Å². The van der Waals surface area contributed by atoms with E-state index < -0.39 is 10.0 Å². The van der Waals surface area contributed by atoms with Gasteiger partial charge in [-0.05, 0) is 34.8 Å². The Morgan fingerprint density at radius 2 is 1.94 bits per heavy atom. The Kier molecular flexibility index (Phi) is 6.04. The molecule has 0 aliphatic rings. The fourth-order valence-corrected chi connectivity index (χ4v) is 3.09. The van der Waals surface area contributed by atoms with Gasteiger partial charge < -0.3 is 5.32 Å². The van der Waals surface area contributed by atoms with E-state index in [1.54, 1.807) is 12.3 Å². The van der Waals surface area contributed by atoms with E-state index in [2.05, 4.69) is 31.0 Å². The summed E-state index contributed by atoms with van der Waals surface area (Å²) >= 11 is 3.24. The molecule has 0 saturated heterocycles. The summed E-state index contributed by atoms with van der Waals surface area (Å²) in [6, 6.07) is 1.56. The minimum Gasteiger partial charge on any atom is -0.369 e. The first-order valence-corrected chi connectivity index (χ1v) is 8.18. The number of rotatable bonds is 7. The lowest BCUT2D eigenvalue weighted by atomic mass is 10.4. The highest BCUT2D eigenvalue weighted by molar-refractivity contribution is 9.10. The first-order valence-electron chi connectivity index (χ1n) is 5.90. The van der Waals surface area contributed by atoms with Gasteiger partial charge in [0.05, 0.1) is 0 Å². The third-order valence-corrected chi connectivity index (χ3v) is 4.10. The van der Waals surface area contributed by atoms with E-state index in [-0.39, 0.29) is 4.90 Å². The minimum atomic E-state index is -3.51. The van der Waals surface area contributed by atoms with Gasteiger partial charge in [0, 0.05) is 23.8 Å². The van der Waals surface area contributed by atoms with Gasteiger partial charge in [-0.15, -0.1) is 0 Å². The number of anilines is 1. The molecular weight excluding hydrogens is 318 g/mol. The van der Waals surface area contributed by atoms with Crippen molar-refractivity contribution in [3.63, 3.8) is 0 Å². The summed E-state index contributed by atoms with van der Waals surface area (Å²) in [5.74, 6) is 0.392. The van der Waals surface area contributed by atoms with Crippen molar-refractivity contribution < 1.29 is 8.42 Å². The summed E-state index contributed by atoms with van der Waals surface area (Å²) in [5.41, 5.74) is 0. The summed E-state index contributed by atoms with van der Waals surface area (Å²) < 4.78 is 27.4. The molecule has 0 fully saturated rings. The van der Waals surface area contributed by atoms with Crippen molar-refractivity contribution in [2.24, 2.45) is 0 Å². The Morgan fingerprint density at radius 3 is 2.56 bits per heavy atom. The zero-order chi connectivity index (χ0) is 13.6. The predicted molar refractivity (Wildman–Crippen MR) is 76.2 cm³/mol. The number of aromatic nitrogens is 1. The second-order valence-corrected chi connectivity index (χ2v) is 6.48. The molecule has 0 radical (unpaired) electrons. The highest BCUT2D eigenvalue weighted by Crippen LogP contribution is 2.22. The Bertz CT molecular complexity index is 491. The number of nitrogens with one attached hydrogen (secondary N) is 2. The number of nitrogens with zero attached hydrogens (tertiary/aromatic N) is 1. The Balaban J connectivity index is 3.07. The molecule has 1 heterocycles. The van der Waals surface area contributed by atoms with E-state index >= 15 is 0 Å². The fourth-order valence-electron chi connectivity index (χ4n) is 1.32. The van der Waals surface area contributed by atoms with Gasteiger partial charge in [-0.3, -0.25) is 0 Å². The summed E-state index contributed by atoms with van der Waals surface area (Å²) in [6.07, 6.45) is 3.23. The number of hydrogen-bond donors (Lipinski definition) is 2. The van der Waals surface area contributed by atoms with Crippen LogP contribution in [0.15, 0.2) is 21.6 Å². The Morgan fingerprint density at radius 1 is 1.28 bits per heavy atom. The molecule has 0 aliphatic heterocycles. The molecule has 0 bridgehead atoms. The molecule has 0 spiro atoms. The van der Waals surface area contributed by atoms with Gasteiger partial charge in [0.25, 0.3) is 0 Å². The summed E-state index contributed by atoms with van der Waals surface area (Å²) in [7, 11) is -3.51. The summed E-state index contributed by atoms with van der Waals surface area (Å²) in [5, 5.41) is 3.02. The molecule has 2 N–H and O–H groups in total. The van der Waals surface area contributed by atoms with Crippen LogP contribution < -0.4 is 10.0 Å². The Hall–Kier alpha value is -0.660. The van der Waals surface area contributed by atoms with Crippen molar-refractivity contribution in [3.05, 3.63) is 16.7 Å². The Labute approximate surface area is 117 Å². The van der Waals surface area contributed by atoms with Crippen LogP contribution in [0, 0.1) is 0 Å². The first-order chi connectivity index (χ1) is 8.51. The molecular formula is C11H18BrN3O2S. The summed E-state index contributed by atoms with van der Waals surface area (Å²) in [4.78, 5) is 4.29. The van der Waals surface area contributed by atoms with Crippen molar-refractivity contribution in [3.8, 4) is 0 Å². The third-order valence-electron chi connectivity index (χ3n) is 2.19. The van der Waals surface area contributed by atoms with Crippen LogP contribution >= 0.6 is 15.9 Å². The lowest BCUT2D eigenvalue weighted by Crippen LogP contribution is -2.25. The van der Waals surface area contributed by atoms with Crippen LogP contribution in [0.25, 0.3) is 0 Å². The van der Waals surface area contributed by atoms with Crippen LogP contribution in [0.3, 0.4) is 0 Å². The topological polar surface area (TPSA) is 71.1 Å². The molecule has 0 unspecified atom stereocenters. The zero-order valence-electron chi connectivity index (χ0n) is 10.5. The minimum absolute atomic E-state index is 0.179. The van der Waals surface area contributed by atoms with E-state index in [0.717, 1.165) is 12.8 Å². The van der Waals surface area contributed by atoms with Crippen LogP contribution in [-0.2, 0) is 10.0 Å². The average molecular weight is 336 g/mol. The molecule has 0 atom stereocenters. The van der Waals surface area contributed by atoms with Crippen LogP contribution in [-0.4, -0.2) is 26.5 Å². The van der Waals surface area contributed by atoms with E-state index in [9.17, 15) is 8.42 Å². The lowest BCUT2D eigenvalue weighted by Gasteiger charge is -2.12. The van der Waals surface area contributed by atoms with Crippen LogP contribution in [0.5, 0.6) is 0 Å². The van der Waals surface area contributed by atoms with Crippen molar-refractivity contribution >= 4 is 31.8 Å². The SMILES string of the molecule is CCCNc1ncc(Br)cc1S(=O)(=O)NCCC. The van der Waals surface area contributed by atoms with Gasteiger partial charge in [-0.25, -0.2) is 18.1 Å². The van der Waals surface area contributed by atoms with Crippen molar-refractivity contribution in [1.82, 2.24) is 9.71 Å². The maximum absolute atomic E-state index is 12.1. The van der Waals surface area contributed by atoms with Crippen molar-refractivity contribution in [2.45, 2.75) is 31.6 Å². The molecule has 7 heteroatoms. The molecule has 0 aliphatic carbocycles. The van der Waals surface area contributed by atoms with Crippen molar-refractivity contribution in [1.29, 1.82) is 0 Å². The molecule has 18 heavy (non-hydrogen) atoms. The van der Waals surface area contributed by atoms with Crippen LogP contribution in [0.4, 0.5) is 5.82 Å². The van der Waals surface area contributed by atoms with Gasteiger partial charge in [-0.2, -0.15) is 0 Å². The third kappa shape index (κ3) is 4.22. The van der Waals surface area contributed by atoms with Gasteiger partial charge >= 0.3 is 0 Å². The summed E-state index contributed by atoms with van der Waals surface area (Å²) in [6.45, 7) is 5.03. The molecule has 1 aromatic rings. The van der Waals surface area contributed by atoms with E-state index in [1.165, 1.54) is 0 Å². The monoisotopic (exact) mass is 335 g/mol. The second-order valence-electron chi connectivity index (χ2n) is 3.82. The highest BCUT2D eigenvalue weighted by atomic mass is 79.9. The van der Waals surface area contributed by atoms with E-state index in [4.69, 9.17) is 0 Å². The number of hydrogen-bond acceptors (Lipinski definition) is 4. The number of pyridine rings is 1. The van der Waals surface area contributed by atoms with Gasteiger partial charge in [0.15, 0.2) is 0 Å². The standard InChI is InChI=1S/C11H18BrN3O2S/c1-3-5-13-11-10(7-9(12)8-14-11)18(16,17)15-6-4-2/h7-8,15H,3-6H2,1-2H3,(H,13,14). The highest BCUT2D eigenvalue weighted by Gasteiger charge is 2.19. The normalized spacial score (nSPS) is 11.5. The van der Waals surface area contributed by atoms with Gasteiger partial charge in [0.2, 0.25) is 10.0 Å². The molecule has 5 nitrogen and oxygen atoms in total. The van der Waals surface area contributed by atoms with Gasteiger partial charge in [0.1, 0.15) is 10.7 Å². The molecule has 0 saturated carbocycles. The smallest absolute Gasteiger partial charge is 0.244 e.